The van der Waals surface area contributed by atoms with Crippen molar-refractivity contribution in [3.63, 3.8) is 0 Å². The molecule has 0 aliphatic carbocycles. The van der Waals surface area contributed by atoms with Gasteiger partial charge in [-0.05, 0) is 48.9 Å². The zero-order valence-corrected chi connectivity index (χ0v) is 28.6. The van der Waals surface area contributed by atoms with E-state index in [1.165, 1.54) is 125 Å². The fourth-order valence-electron chi connectivity index (χ4n) is 5.90. The van der Waals surface area contributed by atoms with Crippen LogP contribution in [0.15, 0.2) is 47.4 Å². The second-order valence-electron chi connectivity index (χ2n) is 12.5. The number of hydrogen-bond acceptors (Lipinski definition) is 6. The Balaban J connectivity index is 1.34. The molecule has 2 aromatic rings. The molecular weight excluding hydrogens is 620 g/mol. The van der Waals surface area contributed by atoms with E-state index in [4.69, 9.17) is 9.84 Å². The Morgan fingerprint density at radius 2 is 1.36 bits per heavy atom. The first-order valence-corrected chi connectivity index (χ1v) is 18.7. The number of unbranched alkanes of at least 4 members (excludes halogenated alkanes) is 15. The van der Waals surface area contributed by atoms with Crippen molar-refractivity contribution in [2.24, 2.45) is 5.92 Å². The number of carboxylic acids is 1. The Hall–Kier alpha value is -3.44. The van der Waals surface area contributed by atoms with Gasteiger partial charge >= 0.3 is 5.97 Å². The van der Waals surface area contributed by atoms with Crippen LogP contribution in [0.2, 0.25) is 0 Å². The van der Waals surface area contributed by atoms with Gasteiger partial charge in [-0.2, -0.15) is 8.42 Å². The Morgan fingerprint density at radius 3 is 1.87 bits per heavy atom. The summed E-state index contributed by atoms with van der Waals surface area (Å²) in [6, 6.07) is 9.23. The molecule has 1 fully saturated rings. The topological polar surface area (TPSA) is 150 Å². The molecule has 2 amide bonds. The molecule has 11 heteroatoms. The number of carboxylic acid groups (broad SMARTS) is 1. The second kappa shape index (κ2) is 20.0. The maximum Gasteiger partial charge on any atom is 0.335 e. The number of nitrogens with one attached hydrogen (secondary N) is 1. The Morgan fingerprint density at radius 1 is 0.830 bits per heavy atom. The molecule has 1 heterocycles. The highest BCUT2D eigenvalue weighted by molar-refractivity contribution is 7.86. The normalized spacial score (nSPS) is 14.8. The highest BCUT2D eigenvalue weighted by Crippen LogP contribution is 2.34. The average molecular weight is 673 g/mol. The fraction of sp³-hybridized carbons (Fsp3) is 0.583. The maximum atomic E-state index is 12.8. The number of ether oxygens (including phenoxy) is 1. The highest BCUT2D eigenvalue weighted by atomic mass is 32.2. The lowest BCUT2D eigenvalue weighted by molar-refractivity contribution is -0.126. The summed E-state index contributed by atoms with van der Waals surface area (Å²) < 4.78 is 39.8. The van der Waals surface area contributed by atoms with Crippen LogP contribution in [0.3, 0.4) is 0 Å². The summed E-state index contributed by atoms with van der Waals surface area (Å²) in [4.78, 5) is 37.5. The molecule has 260 valence electrons. The molecule has 1 saturated heterocycles. The molecular formula is C36H52N2O8S. The lowest BCUT2D eigenvalue weighted by Crippen LogP contribution is -2.33. The Kier molecular flexibility index (Phi) is 16.2. The third kappa shape index (κ3) is 13.3. The number of amides is 2. The van der Waals surface area contributed by atoms with Crippen LogP contribution < -0.4 is 15.0 Å². The molecule has 2 aromatic carbocycles. The van der Waals surface area contributed by atoms with Gasteiger partial charge in [0.2, 0.25) is 11.8 Å². The van der Waals surface area contributed by atoms with E-state index < -0.39 is 26.9 Å². The maximum absolute atomic E-state index is 12.8. The van der Waals surface area contributed by atoms with Gasteiger partial charge in [-0.25, -0.2) is 4.79 Å². The van der Waals surface area contributed by atoms with E-state index in [1.54, 1.807) is 0 Å². The minimum absolute atomic E-state index is 0.000176. The van der Waals surface area contributed by atoms with Gasteiger partial charge in [-0.1, -0.05) is 103 Å². The molecule has 0 spiro atoms. The molecule has 3 rings (SSSR count). The van der Waals surface area contributed by atoms with E-state index in [-0.39, 0.29) is 47.5 Å². The summed E-state index contributed by atoms with van der Waals surface area (Å²) in [7, 11) is -4.75. The molecule has 47 heavy (non-hydrogen) atoms. The monoisotopic (exact) mass is 672 g/mol. The van der Waals surface area contributed by atoms with Crippen LogP contribution in [0.4, 0.5) is 5.69 Å². The number of aromatic carboxylic acids is 1. The largest absolute Gasteiger partial charge is 0.478 e. The van der Waals surface area contributed by atoms with E-state index in [2.05, 4.69) is 12.2 Å². The van der Waals surface area contributed by atoms with Crippen molar-refractivity contribution in [2.45, 2.75) is 121 Å². The lowest BCUT2D eigenvalue weighted by Gasteiger charge is -2.19. The third-order valence-corrected chi connectivity index (χ3v) is 9.55. The van der Waals surface area contributed by atoms with Crippen LogP contribution >= 0.6 is 0 Å². The molecule has 1 unspecified atom stereocenters. The first-order chi connectivity index (χ1) is 22.6. The van der Waals surface area contributed by atoms with Crippen LogP contribution in [0.25, 0.3) is 0 Å². The zero-order valence-electron chi connectivity index (χ0n) is 27.8. The van der Waals surface area contributed by atoms with Gasteiger partial charge in [-0.15, -0.1) is 0 Å². The van der Waals surface area contributed by atoms with Crippen molar-refractivity contribution in [1.29, 1.82) is 0 Å². The smallest absolute Gasteiger partial charge is 0.335 e. The van der Waals surface area contributed by atoms with Gasteiger partial charge in [0.05, 0.1) is 11.5 Å². The number of anilines is 1. The van der Waals surface area contributed by atoms with Crippen LogP contribution in [0.1, 0.15) is 126 Å². The number of nitrogens with zero attached hydrogens (tertiary/aromatic N) is 1. The van der Waals surface area contributed by atoms with E-state index in [0.717, 1.165) is 25.3 Å². The standard InChI is InChI=1S/C36H52N2O8S/c1-2-3-4-5-6-7-8-9-10-11-12-13-14-15-16-17-24-37-35(40)29-25-34(39)38(27-29)30-20-23-32(33(26-30)47(43,44)45)46-31-21-18-28(19-22-31)36(41)42/h18-23,26,29H,2-17,24-25,27H2,1H3,(H,37,40)(H,41,42)(H,43,44,45). The molecule has 0 saturated carbocycles. The number of benzene rings is 2. The van der Waals surface area contributed by atoms with Crippen molar-refractivity contribution >= 4 is 33.6 Å². The number of hydrogen-bond donors (Lipinski definition) is 3. The Bertz CT molecular complexity index is 1390. The summed E-state index contributed by atoms with van der Waals surface area (Å²) in [6.45, 7) is 2.89. The summed E-state index contributed by atoms with van der Waals surface area (Å²) in [5, 5.41) is 12.0. The van der Waals surface area contributed by atoms with Crippen molar-refractivity contribution < 1.29 is 37.2 Å². The van der Waals surface area contributed by atoms with Crippen molar-refractivity contribution in [3.8, 4) is 11.5 Å². The SMILES string of the molecule is CCCCCCCCCCCCCCCCCCNC(=O)C1CC(=O)N(c2ccc(Oc3ccc(C(=O)O)cc3)c(S(=O)(=O)O)c2)C1. The van der Waals surface area contributed by atoms with Crippen molar-refractivity contribution in [3.05, 3.63) is 48.0 Å². The molecule has 3 N–H and O–H groups in total. The molecule has 0 radical (unpaired) electrons. The molecule has 10 nitrogen and oxygen atoms in total. The molecule has 0 aromatic heterocycles. The average Bonchev–Trinajstić information content (AvgIpc) is 3.44. The molecule has 1 aliphatic rings. The summed E-state index contributed by atoms with van der Waals surface area (Å²) in [6.07, 6.45) is 20.5. The number of rotatable bonds is 23. The minimum atomic E-state index is -4.75. The van der Waals surface area contributed by atoms with E-state index in [1.807, 2.05) is 0 Å². The zero-order chi connectivity index (χ0) is 34.1. The van der Waals surface area contributed by atoms with Crippen LogP contribution in [0.5, 0.6) is 11.5 Å². The third-order valence-electron chi connectivity index (χ3n) is 8.67. The number of carbonyl (C=O) groups is 3. The lowest BCUT2D eigenvalue weighted by atomic mass is 10.0. The van der Waals surface area contributed by atoms with Gasteiger partial charge < -0.3 is 20.1 Å². The van der Waals surface area contributed by atoms with Gasteiger partial charge in [0, 0.05) is 25.2 Å². The van der Waals surface area contributed by atoms with E-state index >= 15 is 0 Å². The number of carbonyl (C=O) groups excluding carboxylic acids is 2. The molecule has 1 atom stereocenters. The molecule has 1 aliphatic heterocycles. The molecule has 0 bridgehead atoms. The van der Waals surface area contributed by atoms with E-state index in [9.17, 15) is 27.4 Å². The first kappa shape index (κ1) is 38.0. The van der Waals surface area contributed by atoms with Crippen LogP contribution in [-0.2, 0) is 19.7 Å². The second-order valence-corrected chi connectivity index (χ2v) is 13.9. The van der Waals surface area contributed by atoms with Gasteiger partial charge in [-0.3, -0.25) is 14.1 Å². The summed E-state index contributed by atoms with van der Waals surface area (Å²) in [5.41, 5.74) is 0.239. The highest BCUT2D eigenvalue weighted by Gasteiger charge is 2.35. The van der Waals surface area contributed by atoms with Gasteiger partial charge in [0.25, 0.3) is 10.1 Å². The summed E-state index contributed by atoms with van der Waals surface area (Å²) >= 11 is 0. The predicted octanol–water partition coefficient (Wildman–Crippen LogP) is 8.15. The Labute approximate surface area is 280 Å². The summed E-state index contributed by atoms with van der Waals surface area (Å²) in [5.74, 6) is -2.26. The first-order valence-electron chi connectivity index (χ1n) is 17.3. The quantitative estimate of drug-likeness (QED) is 0.0791. The van der Waals surface area contributed by atoms with Gasteiger partial charge in [0.1, 0.15) is 16.4 Å². The minimum Gasteiger partial charge on any atom is -0.478 e. The van der Waals surface area contributed by atoms with Gasteiger partial charge in [0.15, 0.2) is 0 Å². The van der Waals surface area contributed by atoms with Crippen LogP contribution in [0, 0.1) is 5.92 Å². The van der Waals surface area contributed by atoms with Crippen molar-refractivity contribution in [1.82, 2.24) is 5.32 Å². The van der Waals surface area contributed by atoms with E-state index in [0.29, 0.717) is 6.54 Å². The van der Waals surface area contributed by atoms with Crippen molar-refractivity contribution in [2.75, 3.05) is 18.0 Å². The fourth-order valence-corrected chi connectivity index (χ4v) is 6.54. The predicted molar refractivity (Wildman–Crippen MR) is 183 cm³/mol. The van der Waals surface area contributed by atoms with Crippen LogP contribution in [-0.4, -0.2) is 49.0 Å².